The summed E-state index contributed by atoms with van der Waals surface area (Å²) in [6, 6.07) is 2.21. The molecule has 1 aliphatic heterocycles. The molecule has 1 atom stereocenters. The zero-order valence-corrected chi connectivity index (χ0v) is 12.1. The molecule has 0 aliphatic carbocycles. The van der Waals surface area contributed by atoms with E-state index in [0.717, 1.165) is 37.8 Å². The maximum atomic E-state index is 14.2. The highest BCUT2D eigenvalue weighted by Crippen LogP contribution is 2.29. The van der Waals surface area contributed by atoms with Crippen LogP contribution in [0.2, 0.25) is 0 Å². The fourth-order valence-corrected chi connectivity index (χ4v) is 2.87. The van der Waals surface area contributed by atoms with E-state index in [-0.39, 0.29) is 17.1 Å². The van der Waals surface area contributed by atoms with Crippen LogP contribution in [0.3, 0.4) is 0 Å². The van der Waals surface area contributed by atoms with E-state index >= 15 is 0 Å². The van der Waals surface area contributed by atoms with Gasteiger partial charge in [0, 0.05) is 18.7 Å². The Morgan fingerprint density at radius 3 is 2.57 bits per heavy atom. The minimum absolute atomic E-state index is 0.0127. The molecular weight excluding hydrogens is 276 g/mol. The zero-order chi connectivity index (χ0) is 15.4. The lowest BCUT2D eigenvalue weighted by atomic mass is 9.98. The molecule has 1 aromatic rings. The number of nitrogens with zero attached hydrogens (tertiary/aromatic N) is 2. The topological polar surface area (TPSA) is 61.8 Å². The molecule has 1 aliphatic rings. The predicted molar refractivity (Wildman–Crippen MR) is 78.7 cm³/mol. The molecule has 0 aromatic heterocycles. The average Bonchev–Trinajstić information content (AvgIpc) is 2.71. The normalized spacial score (nSPS) is 20.4. The van der Waals surface area contributed by atoms with Crippen molar-refractivity contribution in [2.24, 2.45) is 16.8 Å². The first-order valence-corrected chi connectivity index (χ1v) is 7.28. The van der Waals surface area contributed by atoms with E-state index in [0.29, 0.717) is 19.0 Å². The number of anilines is 1. The largest absolute Gasteiger partial charge is 0.409 e. The van der Waals surface area contributed by atoms with Crippen LogP contribution in [0.1, 0.15) is 38.2 Å². The van der Waals surface area contributed by atoms with Gasteiger partial charge in [0.15, 0.2) is 5.84 Å². The quantitative estimate of drug-likeness (QED) is 0.390. The van der Waals surface area contributed by atoms with Gasteiger partial charge in [0.2, 0.25) is 0 Å². The Balaban J connectivity index is 2.27. The van der Waals surface area contributed by atoms with Crippen molar-refractivity contribution in [1.82, 2.24) is 0 Å². The second-order valence-corrected chi connectivity index (χ2v) is 5.47. The Kier molecular flexibility index (Phi) is 4.98. The van der Waals surface area contributed by atoms with Crippen LogP contribution in [0.25, 0.3) is 0 Å². The van der Waals surface area contributed by atoms with Crippen molar-refractivity contribution < 1.29 is 14.0 Å². The van der Waals surface area contributed by atoms with Gasteiger partial charge >= 0.3 is 0 Å². The molecule has 3 N–H and O–H groups in total. The summed E-state index contributed by atoms with van der Waals surface area (Å²) >= 11 is 0. The fourth-order valence-electron chi connectivity index (χ4n) is 2.87. The second-order valence-electron chi connectivity index (χ2n) is 5.47. The van der Waals surface area contributed by atoms with E-state index in [4.69, 9.17) is 10.9 Å². The average molecular weight is 297 g/mol. The number of hydrogen-bond acceptors (Lipinski definition) is 3. The van der Waals surface area contributed by atoms with Crippen molar-refractivity contribution in [2.45, 2.75) is 32.6 Å². The molecule has 21 heavy (non-hydrogen) atoms. The first-order valence-electron chi connectivity index (χ1n) is 7.28. The van der Waals surface area contributed by atoms with E-state index in [9.17, 15) is 8.78 Å². The van der Waals surface area contributed by atoms with Crippen molar-refractivity contribution >= 4 is 11.5 Å². The molecule has 0 radical (unpaired) electrons. The maximum Gasteiger partial charge on any atom is 0.170 e. The predicted octanol–water partition coefficient (Wildman–Crippen LogP) is 3.08. The van der Waals surface area contributed by atoms with E-state index < -0.39 is 11.6 Å². The Bertz CT molecular complexity index is 511. The maximum absolute atomic E-state index is 14.2. The number of halogens is 2. The van der Waals surface area contributed by atoms with Crippen LogP contribution in [0, 0.1) is 17.6 Å². The summed E-state index contributed by atoms with van der Waals surface area (Å²) in [5, 5.41) is 11.4. The highest BCUT2D eigenvalue weighted by Gasteiger charge is 2.22. The van der Waals surface area contributed by atoms with Crippen molar-refractivity contribution in [1.29, 1.82) is 0 Å². The van der Waals surface area contributed by atoms with Crippen molar-refractivity contribution in [3.63, 3.8) is 0 Å². The molecule has 1 unspecified atom stereocenters. The van der Waals surface area contributed by atoms with Crippen LogP contribution in [0.5, 0.6) is 0 Å². The summed E-state index contributed by atoms with van der Waals surface area (Å²) < 4.78 is 28.5. The van der Waals surface area contributed by atoms with Crippen LogP contribution in [0.15, 0.2) is 17.3 Å². The lowest BCUT2D eigenvalue weighted by Gasteiger charge is -2.24. The van der Waals surface area contributed by atoms with Crippen molar-refractivity contribution in [3.8, 4) is 0 Å². The number of hydrogen-bond donors (Lipinski definition) is 2. The number of oxime groups is 1. The van der Waals surface area contributed by atoms with Crippen molar-refractivity contribution in [2.75, 3.05) is 18.0 Å². The summed E-state index contributed by atoms with van der Waals surface area (Å²) in [7, 11) is 0. The van der Waals surface area contributed by atoms with Crippen LogP contribution in [0.4, 0.5) is 14.5 Å². The number of rotatable bonds is 3. The Hall–Kier alpha value is -1.85. The summed E-state index contributed by atoms with van der Waals surface area (Å²) in [4.78, 5) is 1.76. The molecule has 116 valence electrons. The van der Waals surface area contributed by atoms with Gasteiger partial charge in [-0.25, -0.2) is 8.78 Å². The molecule has 0 spiro atoms. The van der Waals surface area contributed by atoms with Gasteiger partial charge in [-0.3, -0.25) is 0 Å². The van der Waals surface area contributed by atoms with E-state index in [1.165, 1.54) is 0 Å². The third kappa shape index (κ3) is 3.43. The van der Waals surface area contributed by atoms with E-state index in [2.05, 4.69) is 12.1 Å². The van der Waals surface area contributed by atoms with Gasteiger partial charge in [-0.05, 0) is 37.3 Å². The SMILES string of the molecule is CCC1CCCN(c2c(F)cc(C(N)=NO)cc2F)CC1. The Morgan fingerprint density at radius 2 is 2.00 bits per heavy atom. The number of benzene rings is 1. The lowest BCUT2D eigenvalue weighted by molar-refractivity contribution is 0.318. The first-order chi connectivity index (χ1) is 10.1. The summed E-state index contributed by atoms with van der Waals surface area (Å²) in [6.45, 7) is 3.44. The van der Waals surface area contributed by atoms with Gasteiger partial charge in [0.25, 0.3) is 0 Å². The summed E-state index contributed by atoms with van der Waals surface area (Å²) in [5.41, 5.74) is 5.40. The van der Waals surface area contributed by atoms with Gasteiger partial charge in [0.05, 0.1) is 0 Å². The van der Waals surface area contributed by atoms with Crippen LogP contribution < -0.4 is 10.6 Å². The molecule has 1 saturated heterocycles. The first kappa shape index (κ1) is 15.5. The van der Waals surface area contributed by atoms with E-state index in [1.54, 1.807) is 4.90 Å². The van der Waals surface area contributed by atoms with Crippen LogP contribution in [-0.2, 0) is 0 Å². The molecule has 4 nitrogen and oxygen atoms in total. The number of amidine groups is 1. The molecular formula is C15H21F2N3O. The van der Waals surface area contributed by atoms with Crippen LogP contribution >= 0.6 is 0 Å². The minimum Gasteiger partial charge on any atom is -0.409 e. The Morgan fingerprint density at radius 1 is 1.33 bits per heavy atom. The highest BCUT2D eigenvalue weighted by molar-refractivity contribution is 5.97. The highest BCUT2D eigenvalue weighted by atomic mass is 19.1. The van der Waals surface area contributed by atoms with Gasteiger partial charge < -0.3 is 15.8 Å². The van der Waals surface area contributed by atoms with Crippen LogP contribution in [-0.4, -0.2) is 24.1 Å². The van der Waals surface area contributed by atoms with Gasteiger partial charge in [0.1, 0.15) is 17.3 Å². The second kappa shape index (κ2) is 6.74. The zero-order valence-electron chi connectivity index (χ0n) is 12.1. The smallest absolute Gasteiger partial charge is 0.170 e. The summed E-state index contributed by atoms with van der Waals surface area (Å²) in [6.07, 6.45) is 4.07. The molecule has 6 heteroatoms. The fraction of sp³-hybridized carbons (Fsp3) is 0.533. The monoisotopic (exact) mass is 297 g/mol. The number of nitrogens with two attached hydrogens (primary N) is 1. The summed E-state index contributed by atoms with van der Waals surface area (Å²) in [5.74, 6) is -1.03. The third-order valence-corrected chi connectivity index (χ3v) is 4.16. The molecule has 1 fully saturated rings. The van der Waals surface area contributed by atoms with E-state index in [1.807, 2.05) is 0 Å². The lowest BCUT2D eigenvalue weighted by Crippen LogP contribution is -2.27. The molecule has 1 heterocycles. The third-order valence-electron chi connectivity index (χ3n) is 4.16. The molecule has 0 bridgehead atoms. The van der Waals surface area contributed by atoms with Gasteiger partial charge in [-0.15, -0.1) is 0 Å². The standard InChI is InChI=1S/C15H21F2N3O/c1-2-10-4-3-6-20(7-5-10)14-12(16)8-11(9-13(14)17)15(18)19-21/h8-10,21H,2-7H2,1H3,(H2,18,19). The Labute approximate surface area is 123 Å². The minimum atomic E-state index is -0.674. The van der Waals surface area contributed by atoms with Gasteiger partial charge in [-0.2, -0.15) is 0 Å². The molecule has 0 amide bonds. The van der Waals surface area contributed by atoms with Crippen molar-refractivity contribution in [3.05, 3.63) is 29.3 Å². The van der Waals surface area contributed by atoms with Gasteiger partial charge in [-0.1, -0.05) is 18.5 Å². The molecule has 0 saturated carbocycles. The molecule has 1 aromatic carbocycles. The molecule has 2 rings (SSSR count).